The van der Waals surface area contributed by atoms with E-state index in [1.165, 1.54) is 0 Å². The summed E-state index contributed by atoms with van der Waals surface area (Å²) in [6, 6.07) is 0. The summed E-state index contributed by atoms with van der Waals surface area (Å²) in [5, 5.41) is 9.15. The number of hydrogen-bond acceptors (Lipinski definition) is 5. The van der Waals surface area contributed by atoms with Crippen LogP contribution in [0.15, 0.2) is 4.42 Å². The minimum atomic E-state index is -0.101. The van der Waals surface area contributed by atoms with Gasteiger partial charge in [0.15, 0.2) is 0 Å². The summed E-state index contributed by atoms with van der Waals surface area (Å²) in [4.78, 5) is 6.58. The van der Waals surface area contributed by atoms with Crippen LogP contribution in [0, 0.1) is 13.8 Å². The van der Waals surface area contributed by atoms with Gasteiger partial charge in [-0.2, -0.15) is 0 Å². The fourth-order valence-electron chi connectivity index (χ4n) is 2.17. The van der Waals surface area contributed by atoms with E-state index in [1.807, 2.05) is 20.8 Å². The lowest BCUT2D eigenvalue weighted by Crippen LogP contribution is -2.47. The number of oxazole rings is 1. The zero-order valence-corrected chi connectivity index (χ0v) is 10.6. The lowest BCUT2D eigenvalue weighted by molar-refractivity contribution is -0.0986. The van der Waals surface area contributed by atoms with E-state index in [2.05, 4.69) is 9.88 Å². The number of hydrogen-bond donors (Lipinski definition) is 1. The van der Waals surface area contributed by atoms with Gasteiger partial charge in [0.1, 0.15) is 5.76 Å². The Morgan fingerprint density at radius 1 is 1.41 bits per heavy atom. The van der Waals surface area contributed by atoms with Gasteiger partial charge in [0.2, 0.25) is 5.89 Å². The highest BCUT2D eigenvalue weighted by Crippen LogP contribution is 2.15. The Morgan fingerprint density at radius 3 is 2.76 bits per heavy atom. The second kappa shape index (κ2) is 5.16. The molecule has 0 aromatic carbocycles. The van der Waals surface area contributed by atoms with Crippen LogP contribution in [0.5, 0.6) is 0 Å². The topological polar surface area (TPSA) is 58.7 Å². The first kappa shape index (κ1) is 12.5. The highest BCUT2D eigenvalue weighted by atomic mass is 16.5. The van der Waals surface area contributed by atoms with E-state index in [0.717, 1.165) is 30.4 Å². The number of aryl methyl sites for hydroxylation is 2. The Bertz CT molecular complexity index is 358. The minimum absolute atomic E-state index is 0.0600. The Kier molecular flexibility index (Phi) is 3.81. The van der Waals surface area contributed by atoms with Gasteiger partial charge in [-0.25, -0.2) is 4.98 Å². The van der Waals surface area contributed by atoms with Crippen LogP contribution in [0.2, 0.25) is 0 Å². The van der Waals surface area contributed by atoms with Crippen molar-refractivity contribution in [1.82, 2.24) is 9.88 Å². The summed E-state index contributed by atoms with van der Waals surface area (Å²) >= 11 is 0. The molecule has 1 saturated heterocycles. The van der Waals surface area contributed by atoms with E-state index in [-0.39, 0.29) is 18.8 Å². The lowest BCUT2D eigenvalue weighted by Gasteiger charge is -2.35. The second-order valence-electron chi connectivity index (χ2n) is 4.69. The molecule has 0 amide bonds. The van der Waals surface area contributed by atoms with Gasteiger partial charge in [0.05, 0.1) is 31.1 Å². The zero-order valence-electron chi connectivity index (χ0n) is 10.6. The maximum absolute atomic E-state index is 9.15. The molecule has 96 valence electrons. The van der Waals surface area contributed by atoms with Gasteiger partial charge in [-0.05, 0) is 20.8 Å². The van der Waals surface area contributed by atoms with Crippen molar-refractivity contribution in [1.29, 1.82) is 0 Å². The SMILES string of the molecule is Cc1nc(CN2CC(C)OC(CO)C2)oc1C. The van der Waals surface area contributed by atoms with Crippen LogP contribution < -0.4 is 0 Å². The molecule has 1 fully saturated rings. The normalized spacial score (nSPS) is 26.4. The molecular weight excluding hydrogens is 220 g/mol. The molecule has 1 aliphatic rings. The quantitative estimate of drug-likeness (QED) is 0.849. The van der Waals surface area contributed by atoms with Crippen molar-refractivity contribution in [2.24, 2.45) is 0 Å². The fourth-order valence-corrected chi connectivity index (χ4v) is 2.17. The van der Waals surface area contributed by atoms with Crippen LogP contribution in [0.3, 0.4) is 0 Å². The maximum atomic E-state index is 9.15. The van der Waals surface area contributed by atoms with Crippen LogP contribution in [0.25, 0.3) is 0 Å². The fraction of sp³-hybridized carbons (Fsp3) is 0.750. The Labute approximate surface area is 101 Å². The van der Waals surface area contributed by atoms with Crippen molar-refractivity contribution < 1.29 is 14.3 Å². The highest BCUT2D eigenvalue weighted by molar-refractivity contribution is 5.05. The Balaban J connectivity index is 1.98. The highest BCUT2D eigenvalue weighted by Gasteiger charge is 2.25. The monoisotopic (exact) mass is 240 g/mol. The molecular formula is C12H20N2O3. The molecule has 1 aromatic rings. The molecule has 0 saturated carbocycles. The first-order chi connectivity index (χ1) is 8.08. The molecule has 0 aliphatic carbocycles. The van der Waals surface area contributed by atoms with Crippen LogP contribution in [-0.2, 0) is 11.3 Å². The molecule has 5 heteroatoms. The summed E-state index contributed by atoms with van der Waals surface area (Å²) in [6.07, 6.45) is 0.0361. The molecule has 0 spiro atoms. The molecule has 0 bridgehead atoms. The van der Waals surface area contributed by atoms with Crippen molar-refractivity contribution in [3.8, 4) is 0 Å². The summed E-state index contributed by atoms with van der Waals surface area (Å²) in [6.45, 7) is 8.19. The molecule has 0 radical (unpaired) electrons. The van der Waals surface area contributed by atoms with Gasteiger partial charge in [-0.1, -0.05) is 0 Å². The summed E-state index contributed by atoms with van der Waals surface area (Å²) in [5.41, 5.74) is 0.944. The largest absolute Gasteiger partial charge is 0.444 e. The van der Waals surface area contributed by atoms with E-state index < -0.39 is 0 Å². The predicted octanol–water partition coefficient (Wildman–Crippen LogP) is 0.873. The summed E-state index contributed by atoms with van der Waals surface area (Å²) in [5.74, 6) is 1.62. The first-order valence-corrected chi connectivity index (χ1v) is 6.00. The molecule has 1 aliphatic heterocycles. The lowest BCUT2D eigenvalue weighted by atomic mass is 10.2. The first-order valence-electron chi connectivity index (χ1n) is 6.00. The van der Waals surface area contributed by atoms with Gasteiger partial charge in [0, 0.05) is 13.1 Å². The van der Waals surface area contributed by atoms with E-state index in [4.69, 9.17) is 14.3 Å². The minimum Gasteiger partial charge on any atom is -0.444 e. The molecule has 2 rings (SSSR count). The number of aromatic nitrogens is 1. The average molecular weight is 240 g/mol. The van der Waals surface area contributed by atoms with Crippen LogP contribution >= 0.6 is 0 Å². The smallest absolute Gasteiger partial charge is 0.208 e. The Hall–Kier alpha value is -0.910. The number of rotatable bonds is 3. The van der Waals surface area contributed by atoms with E-state index >= 15 is 0 Å². The zero-order chi connectivity index (χ0) is 12.4. The van der Waals surface area contributed by atoms with Gasteiger partial charge in [-0.15, -0.1) is 0 Å². The molecule has 1 N–H and O–H groups in total. The second-order valence-corrected chi connectivity index (χ2v) is 4.69. The molecule has 17 heavy (non-hydrogen) atoms. The molecule has 2 atom stereocenters. The molecule has 5 nitrogen and oxygen atoms in total. The average Bonchev–Trinajstić information content (AvgIpc) is 2.57. The summed E-state index contributed by atoms with van der Waals surface area (Å²) in [7, 11) is 0. The number of aliphatic hydroxyl groups excluding tert-OH is 1. The third kappa shape index (κ3) is 3.06. The number of morpholine rings is 1. The van der Waals surface area contributed by atoms with Gasteiger partial charge in [0.25, 0.3) is 0 Å². The van der Waals surface area contributed by atoms with E-state index in [9.17, 15) is 0 Å². The van der Waals surface area contributed by atoms with Gasteiger partial charge >= 0.3 is 0 Å². The number of nitrogens with zero attached hydrogens (tertiary/aromatic N) is 2. The van der Waals surface area contributed by atoms with E-state index in [1.54, 1.807) is 0 Å². The third-order valence-electron chi connectivity index (χ3n) is 3.04. The van der Waals surface area contributed by atoms with Crippen molar-refractivity contribution in [3.05, 3.63) is 17.3 Å². The third-order valence-corrected chi connectivity index (χ3v) is 3.04. The van der Waals surface area contributed by atoms with Crippen molar-refractivity contribution in [3.63, 3.8) is 0 Å². The van der Waals surface area contributed by atoms with Crippen molar-refractivity contribution >= 4 is 0 Å². The van der Waals surface area contributed by atoms with Crippen LogP contribution in [-0.4, -0.2) is 46.9 Å². The molecule has 2 unspecified atom stereocenters. The predicted molar refractivity (Wildman–Crippen MR) is 62.7 cm³/mol. The number of aliphatic hydroxyl groups is 1. The Morgan fingerprint density at radius 2 is 2.18 bits per heavy atom. The van der Waals surface area contributed by atoms with E-state index in [0.29, 0.717) is 6.54 Å². The maximum Gasteiger partial charge on any atom is 0.208 e. The standard InChI is InChI=1S/C12H20N2O3/c1-8-4-14(5-11(7-15)16-8)6-12-13-9(2)10(3)17-12/h8,11,15H,4-7H2,1-3H3. The molecule has 1 aromatic heterocycles. The van der Waals surface area contributed by atoms with Crippen LogP contribution in [0.1, 0.15) is 24.3 Å². The van der Waals surface area contributed by atoms with Crippen molar-refractivity contribution in [2.45, 2.75) is 39.5 Å². The number of ether oxygens (including phenoxy) is 1. The van der Waals surface area contributed by atoms with Gasteiger partial charge < -0.3 is 14.3 Å². The van der Waals surface area contributed by atoms with Crippen molar-refractivity contribution in [2.75, 3.05) is 19.7 Å². The van der Waals surface area contributed by atoms with Gasteiger partial charge in [-0.3, -0.25) is 4.90 Å². The van der Waals surface area contributed by atoms with Crippen LogP contribution in [0.4, 0.5) is 0 Å². The summed E-state index contributed by atoms with van der Waals surface area (Å²) < 4.78 is 11.2. The molecule has 2 heterocycles.